The quantitative estimate of drug-likeness (QED) is 0.140. The third kappa shape index (κ3) is 6.67. The summed E-state index contributed by atoms with van der Waals surface area (Å²) < 4.78 is 0. The molecule has 0 saturated heterocycles. The Kier molecular flexibility index (Phi) is 9.22. The van der Waals surface area contributed by atoms with Gasteiger partial charge in [-0.3, -0.25) is 4.98 Å². The van der Waals surface area contributed by atoms with Gasteiger partial charge in [-0.1, -0.05) is 176 Å². The van der Waals surface area contributed by atoms with Crippen LogP contribution in [0.1, 0.15) is 27.9 Å². The van der Waals surface area contributed by atoms with E-state index < -0.39 is 5.41 Å². The van der Waals surface area contributed by atoms with Gasteiger partial charge in [0.2, 0.25) is 0 Å². The van der Waals surface area contributed by atoms with Gasteiger partial charge in [0.25, 0.3) is 0 Å². The van der Waals surface area contributed by atoms with Gasteiger partial charge in [0.1, 0.15) is 0 Å². The van der Waals surface area contributed by atoms with E-state index in [-0.39, 0.29) is 0 Å². The lowest BCUT2D eigenvalue weighted by molar-refractivity contribution is 0.756. The second-order valence-electron chi connectivity index (χ2n) is 13.8. The van der Waals surface area contributed by atoms with E-state index in [1.165, 1.54) is 39.0 Å². The van der Waals surface area contributed by atoms with Gasteiger partial charge in [-0.05, 0) is 104 Å². The first-order valence-corrected chi connectivity index (χ1v) is 18.7. The lowest BCUT2D eigenvalue weighted by atomic mass is 9.67. The molecular formula is C53H38N2. The second kappa shape index (κ2) is 15.1. The van der Waals surface area contributed by atoms with Crippen LogP contribution in [0.3, 0.4) is 0 Å². The summed E-state index contributed by atoms with van der Waals surface area (Å²) in [5.41, 5.74) is 15.4. The summed E-state index contributed by atoms with van der Waals surface area (Å²) in [5.74, 6) is 0. The molecule has 260 valence electrons. The van der Waals surface area contributed by atoms with E-state index in [2.05, 4.69) is 217 Å². The van der Waals surface area contributed by atoms with E-state index in [9.17, 15) is 0 Å². The molecule has 2 heteroatoms. The molecule has 55 heavy (non-hydrogen) atoms. The molecular weight excluding hydrogens is 665 g/mol. The maximum Gasteiger partial charge on any atom is 0.0722 e. The zero-order valence-corrected chi connectivity index (χ0v) is 30.3. The maximum atomic E-state index is 5.23. The van der Waals surface area contributed by atoms with Crippen molar-refractivity contribution in [3.05, 3.63) is 252 Å². The van der Waals surface area contributed by atoms with Gasteiger partial charge in [-0.2, -0.15) is 0 Å². The number of nitrogens with zero attached hydrogens (tertiary/aromatic N) is 2. The van der Waals surface area contributed by atoms with Crippen LogP contribution in [0.4, 0.5) is 0 Å². The Morgan fingerprint density at radius 3 is 1.67 bits per heavy atom. The van der Waals surface area contributed by atoms with Crippen molar-refractivity contribution in [3.8, 4) is 44.6 Å². The smallest absolute Gasteiger partial charge is 0.0722 e. The van der Waals surface area contributed by atoms with Gasteiger partial charge in [-0.15, -0.1) is 0 Å². The topological polar surface area (TPSA) is 25.8 Å². The summed E-state index contributed by atoms with van der Waals surface area (Å²) in [6.07, 6.45) is 14.8. The molecule has 2 heterocycles. The monoisotopic (exact) mass is 702 g/mol. The van der Waals surface area contributed by atoms with Crippen LogP contribution in [0.5, 0.6) is 0 Å². The van der Waals surface area contributed by atoms with E-state index >= 15 is 0 Å². The van der Waals surface area contributed by atoms with E-state index in [1.807, 2.05) is 18.5 Å². The van der Waals surface area contributed by atoms with Gasteiger partial charge in [0.05, 0.1) is 16.8 Å². The average molecular weight is 703 g/mol. The van der Waals surface area contributed by atoms with Crippen molar-refractivity contribution in [1.82, 2.24) is 9.97 Å². The molecule has 0 N–H and O–H groups in total. The number of rotatable bonds is 9. The lowest BCUT2D eigenvalue weighted by Gasteiger charge is -2.34. The fourth-order valence-corrected chi connectivity index (χ4v) is 7.92. The molecule has 8 aromatic rings. The first-order chi connectivity index (χ1) is 27.3. The van der Waals surface area contributed by atoms with E-state index in [4.69, 9.17) is 4.98 Å². The molecule has 0 fully saturated rings. The molecule has 2 aromatic heterocycles. The van der Waals surface area contributed by atoms with Crippen molar-refractivity contribution in [1.29, 1.82) is 0 Å². The number of fused-ring (bicyclic) bond motifs is 1. The molecule has 1 aliphatic carbocycles. The standard InChI is InChI=1S/C53H38N2/c1-4-17-39(18-5-1)41-22-14-24-43(33-41)46-36-50(55-52(37-46)45-25-15-23-42(34-45)40-19-6-2-7-20-40)30-12-11-28-48-35-44-21-10-13-31-51(44)53(48,47-26-8-3-9-27-47)49-29-16-32-54-38-49/h1-38H/b28-11-,30-12+. The summed E-state index contributed by atoms with van der Waals surface area (Å²) in [5, 5.41) is 0. The summed E-state index contributed by atoms with van der Waals surface area (Å²) >= 11 is 0. The summed E-state index contributed by atoms with van der Waals surface area (Å²) in [4.78, 5) is 9.81. The van der Waals surface area contributed by atoms with Crippen LogP contribution >= 0.6 is 0 Å². The Labute approximate surface area is 323 Å². The zero-order chi connectivity index (χ0) is 36.9. The number of hydrogen-bond acceptors (Lipinski definition) is 2. The molecule has 2 nitrogen and oxygen atoms in total. The summed E-state index contributed by atoms with van der Waals surface area (Å²) in [7, 11) is 0. The van der Waals surface area contributed by atoms with Crippen molar-refractivity contribution >= 4 is 12.2 Å². The Hall–Kier alpha value is -7.16. The fraction of sp³-hybridized carbons (Fsp3) is 0.0189. The summed E-state index contributed by atoms with van der Waals surface area (Å²) in [6, 6.07) is 66.6. The predicted molar refractivity (Wildman–Crippen MR) is 229 cm³/mol. The predicted octanol–water partition coefficient (Wildman–Crippen LogP) is 13.1. The fourth-order valence-electron chi connectivity index (χ4n) is 7.92. The van der Waals surface area contributed by atoms with Gasteiger partial charge >= 0.3 is 0 Å². The molecule has 0 amide bonds. The molecule has 9 rings (SSSR count). The molecule has 0 spiro atoms. The van der Waals surface area contributed by atoms with Crippen molar-refractivity contribution < 1.29 is 0 Å². The molecule has 0 radical (unpaired) electrons. The van der Waals surface area contributed by atoms with Gasteiger partial charge in [0.15, 0.2) is 0 Å². The van der Waals surface area contributed by atoms with Crippen LogP contribution in [0.25, 0.3) is 56.8 Å². The zero-order valence-electron chi connectivity index (χ0n) is 30.3. The minimum Gasteiger partial charge on any atom is -0.264 e. The minimum absolute atomic E-state index is 0.491. The third-order valence-electron chi connectivity index (χ3n) is 10.5. The molecule has 0 saturated carbocycles. The van der Waals surface area contributed by atoms with Crippen LogP contribution in [0.15, 0.2) is 224 Å². The van der Waals surface area contributed by atoms with Crippen LogP contribution in [-0.4, -0.2) is 9.97 Å². The van der Waals surface area contributed by atoms with Gasteiger partial charge < -0.3 is 0 Å². The summed E-state index contributed by atoms with van der Waals surface area (Å²) in [6.45, 7) is 0. The highest BCUT2D eigenvalue weighted by Gasteiger charge is 2.43. The molecule has 1 aliphatic rings. The Balaban J connectivity index is 1.12. The Morgan fingerprint density at radius 2 is 0.982 bits per heavy atom. The highest BCUT2D eigenvalue weighted by atomic mass is 14.7. The molecule has 1 atom stereocenters. The largest absolute Gasteiger partial charge is 0.264 e. The SMILES string of the molecule is C1=C(/C=C\C=C\c2cc(-c3cccc(-c4ccccc4)c3)cc(-c3cccc(-c4ccccc4)c3)n2)C(c2ccccc2)(c2cccnc2)c2ccccc21. The van der Waals surface area contributed by atoms with Crippen molar-refractivity contribution in [2.75, 3.05) is 0 Å². The normalized spacial score (nSPS) is 14.9. The van der Waals surface area contributed by atoms with Crippen molar-refractivity contribution in [3.63, 3.8) is 0 Å². The highest BCUT2D eigenvalue weighted by molar-refractivity contribution is 5.81. The van der Waals surface area contributed by atoms with Crippen LogP contribution < -0.4 is 0 Å². The van der Waals surface area contributed by atoms with Crippen LogP contribution in [0.2, 0.25) is 0 Å². The molecule has 0 aliphatic heterocycles. The first kappa shape index (κ1) is 33.7. The molecule has 6 aromatic carbocycles. The van der Waals surface area contributed by atoms with Gasteiger partial charge in [0, 0.05) is 18.0 Å². The second-order valence-corrected chi connectivity index (χ2v) is 13.8. The number of benzene rings is 6. The van der Waals surface area contributed by atoms with E-state index in [1.54, 1.807) is 0 Å². The van der Waals surface area contributed by atoms with Gasteiger partial charge in [-0.25, -0.2) is 4.98 Å². The minimum atomic E-state index is -0.491. The first-order valence-electron chi connectivity index (χ1n) is 18.7. The van der Waals surface area contributed by atoms with E-state index in [0.29, 0.717) is 0 Å². The van der Waals surface area contributed by atoms with Crippen molar-refractivity contribution in [2.24, 2.45) is 0 Å². The van der Waals surface area contributed by atoms with E-state index in [0.717, 1.165) is 39.2 Å². The number of hydrogen-bond donors (Lipinski definition) is 0. The van der Waals surface area contributed by atoms with Crippen molar-refractivity contribution in [2.45, 2.75) is 5.41 Å². The third-order valence-corrected chi connectivity index (χ3v) is 10.5. The average Bonchev–Trinajstić information content (AvgIpc) is 3.61. The lowest BCUT2D eigenvalue weighted by Crippen LogP contribution is -2.29. The number of pyridine rings is 2. The van der Waals surface area contributed by atoms with Crippen LogP contribution in [0, 0.1) is 0 Å². The number of aromatic nitrogens is 2. The molecule has 0 bridgehead atoms. The number of allylic oxidation sites excluding steroid dienone is 4. The maximum absolute atomic E-state index is 5.23. The highest BCUT2D eigenvalue weighted by Crippen LogP contribution is 2.51. The molecule has 1 unspecified atom stereocenters. The Bertz CT molecular complexity index is 2530. The van der Waals surface area contributed by atoms with Crippen LogP contribution in [-0.2, 0) is 5.41 Å². The Morgan fingerprint density at radius 1 is 0.418 bits per heavy atom.